The van der Waals surface area contributed by atoms with Crippen molar-refractivity contribution in [2.75, 3.05) is 0 Å². The maximum atomic E-state index is 6.39. The lowest BCUT2D eigenvalue weighted by atomic mass is 9.79. The Balaban J connectivity index is 1.10. The van der Waals surface area contributed by atoms with Crippen molar-refractivity contribution >= 4 is 32.3 Å². The van der Waals surface area contributed by atoms with Gasteiger partial charge in [0, 0.05) is 16.4 Å². The molecule has 1 nitrogen and oxygen atoms in total. The summed E-state index contributed by atoms with van der Waals surface area (Å²) in [6.45, 7) is 4.78. The van der Waals surface area contributed by atoms with Gasteiger partial charge in [-0.05, 0) is 107 Å². The Hall–Kier alpha value is -5.66. The first-order chi connectivity index (χ1) is 22.5. The zero-order valence-electron chi connectivity index (χ0n) is 25.8. The Morgan fingerprint density at radius 3 is 2.04 bits per heavy atom. The van der Waals surface area contributed by atoms with Gasteiger partial charge in [0.05, 0.1) is 0 Å². The van der Waals surface area contributed by atoms with Gasteiger partial charge in [-0.3, -0.25) is 0 Å². The van der Waals surface area contributed by atoms with Gasteiger partial charge in [-0.25, -0.2) is 0 Å². The molecule has 0 spiro atoms. The minimum Gasteiger partial charge on any atom is -0.456 e. The van der Waals surface area contributed by atoms with Crippen molar-refractivity contribution in [3.63, 3.8) is 0 Å². The number of rotatable bonds is 2. The number of hydrogen-bond donors (Lipinski definition) is 0. The minimum atomic E-state index is -0.149. The van der Waals surface area contributed by atoms with E-state index in [-0.39, 0.29) is 5.41 Å². The van der Waals surface area contributed by atoms with Crippen molar-refractivity contribution < 1.29 is 4.74 Å². The molecule has 0 atom stereocenters. The number of ether oxygens (including phenoxy) is 1. The van der Waals surface area contributed by atoms with Crippen LogP contribution in [0, 0.1) is 0 Å². The van der Waals surface area contributed by atoms with Crippen molar-refractivity contribution in [3.8, 4) is 56.0 Å². The molecule has 0 aromatic heterocycles. The minimum absolute atomic E-state index is 0.149. The molecule has 0 radical (unpaired) electrons. The van der Waals surface area contributed by atoms with Crippen LogP contribution < -0.4 is 4.74 Å². The van der Waals surface area contributed by atoms with E-state index in [1.165, 1.54) is 82.4 Å². The van der Waals surface area contributed by atoms with Crippen LogP contribution >= 0.6 is 0 Å². The first-order valence-corrected chi connectivity index (χ1v) is 16.1. The van der Waals surface area contributed by atoms with Crippen molar-refractivity contribution in [2.24, 2.45) is 0 Å². The van der Waals surface area contributed by atoms with Gasteiger partial charge in [-0.15, -0.1) is 0 Å². The summed E-state index contributed by atoms with van der Waals surface area (Å²) in [6, 6.07) is 53.5. The molecule has 0 N–H and O–H groups in total. The zero-order chi connectivity index (χ0) is 30.6. The fourth-order valence-electron chi connectivity index (χ4n) is 8.22. The molecule has 216 valence electrons. The largest absolute Gasteiger partial charge is 0.456 e. The topological polar surface area (TPSA) is 9.23 Å². The van der Waals surface area contributed by atoms with Gasteiger partial charge in [0.15, 0.2) is 0 Å². The molecule has 0 saturated heterocycles. The maximum Gasteiger partial charge on any atom is 0.135 e. The summed E-state index contributed by atoms with van der Waals surface area (Å²) in [7, 11) is 0. The first kappa shape index (κ1) is 25.6. The second-order valence-corrected chi connectivity index (χ2v) is 13.3. The summed E-state index contributed by atoms with van der Waals surface area (Å²) in [5.74, 6) is 1.85. The van der Waals surface area contributed by atoms with E-state index >= 15 is 0 Å². The van der Waals surface area contributed by atoms with E-state index < -0.39 is 0 Å². The van der Waals surface area contributed by atoms with Gasteiger partial charge in [0.1, 0.15) is 11.5 Å². The highest BCUT2D eigenvalue weighted by Gasteiger charge is 2.37. The van der Waals surface area contributed by atoms with Gasteiger partial charge in [0.25, 0.3) is 0 Å². The van der Waals surface area contributed by atoms with Gasteiger partial charge < -0.3 is 4.74 Å². The average molecular weight is 587 g/mol. The van der Waals surface area contributed by atoms with E-state index in [0.29, 0.717) is 0 Å². The van der Waals surface area contributed by atoms with Gasteiger partial charge in [-0.1, -0.05) is 129 Å². The molecule has 2 aliphatic rings. The number of hydrogen-bond acceptors (Lipinski definition) is 1. The molecule has 1 heterocycles. The number of fused-ring (bicyclic) bond motifs is 8. The molecule has 0 saturated carbocycles. The molecular weight excluding hydrogens is 556 g/mol. The molecule has 0 bridgehead atoms. The molecule has 10 rings (SSSR count). The predicted octanol–water partition coefficient (Wildman–Crippen LogP) is 12.6. The fourth-order valence-corrected chi connectivity index (χ4v) is 8.22. The Labute approximate surface area is 268 Å². The summed E-state index contributed by atoms with van der Waals surface area (Å²) in [4.78, 5) is 0. The van der Waals surface area contributed by atoms with E-state index in [1.807, 2.05) is 0 Å². The Morgan fingerprint density at radius 1 is 0.413 bits per heavy atom. The smallest absolute Gasteiger partial charge is 0.135 e. The highest BCUT2D eigenvalue weighted by molar-refractivity contribution is 6.06. The van der Waals surface area contributed by atoms with Crippen LogP contribution in [0.15, 0.2) is 146 Å². The SMILES string of the molecule is CC1(C)c2cc(-c3ccc4c(c3)-c3cccc5cccc(c35)O4)ccc2-c2ccc3c(-c4ccc5ccccc5c4)cccc3c21. The third-order valence-electron chi connectivity index (χ3n) is 10.4. The lowest BCUT2D eigenvalue weighted by Crippen LogP contribution is -2.15. The summed E-state index contributed by atoms with van der Waals surface area (Å²) < 4.78 is 6.39. The lowest BCUT2D eigenvalue weighted by molar-refractivity contribution is 0.487. The zero-order valence-corrected chi connectivity index (χ0v) is 25.8. The van der Waals surface area contributed by atoms with Gasteiger partial charge >= 0.3 is 0 Å². The Bertz CT molecular complexity index is 2580. The summed E-state index contributed by atoms with van der Waals surface area (Å²) in [6.07, 6.45) is 0. The molecule has 1 aliphatic carbocycles. The third kappa shape index (κ3) is 3.51. The van der Waals surface area contributed by atoms with Crippen LogP contribution in [-0.4, -0.2) is 0 Å². The summed E-state index contributed by atoms with van der Waals surface area (Å²) >= 11 is 0. The standard InChI is InChI=1S/C45H30O/c1-45(2)40-26-31(30-19-23-41-39(25-30)36-13-5-10-28-11-6-15-42(46-41)43(28)36)18-20-35(40)38-22-21-34-33(12-7-14-37(34)44(38)45)32-17-16-27-8-3-4-9-29(27)24-32/h3-26H,1-2H3. The fraction of sp³-hybridized carbons (Fsp3) is 0.0667. The summed E-state index contributed by atoms with van der Waals surface area (Å²) in [5, 5.41) is 7.58. The van der Waals surface area contributed by atoms with E-state index in [2.05, 4.69) is 159 Å². The van der Waals surface area contributed by atoms with Crippen LogP contribution in [-0.2, 0) is 5.41 Å². The average Bonchev–Trinajstić information content (AvgIpc) is 3.33. The Kier molecular flexibility index (Phi) is 5.12. The predicted molar refractivity (Wildman–Crippen MR) is 193 cm³/mol. The van der Waals surface area contributed by atoms with E-state index in [9.17, 15) is 0 Å². The first-order valence-electron chi connectivity index (χ1n) is 16.1. The van der Waals surface area contributed by atoms with Crippen LogP contribution in [0.1, 0.15) is 25.0 Å². The summed E-state index contributed by atoms with van der Waals surface area (Å²) in [5.41, 5.74) is 12.7. The quantitative estimate of drug-likeness (QED) is 0.196. The maximum absolute atomic E-state index is 6.39. The normalized spacial score (nSPS) is 13.8. The van der Waals surface area contributed by atoms with Crippen LogP contribution in [0.25, 0.3) is 76.8 Å². The molecule has 8 aromatic carbocycles. The number of benzene rings is 8. The molecule has 1 aliphatic heterocycles. The highest BCUT2D eigenvalue weighted by Crippen LogP contribution is 2.53. The highest BCUT2D eigenvalue weighted by atomic mass is 16.5. The second kappa shape index (κ2) is 9.19. The van der Waals surface area contributed by atoms with Crippen molar-refractivity contribution in [1.82, 2.24) is 0 Å². The third-order valence-corrected chi connectivity index (χ3v) is 10.4. The van der Waals surface area contributed by atoms with Gasteiger partial charge in [-0.2, -0.15) is 0 Å². The second-order valence-electron chi connectivity index (χ2n) is 13.3. The molecule has 8 aromatic rings. The molecule has 0 fully saturated rings. The Morgan fingerprint density at radius 2 is 1.13 bits per heavy atom. The monoisotopic (exact) mass is 586 g/mol. The van der Waals surface area contributed by atoms with E-state index in [0.717, 1.165) is 17.1 Å². The molecule has 0 amide bonds. The van der Waals surface area contributed by atoms with Crippen LogP contribution in [0.5, 0.6) is 11.5 Å². The van der Waals surface area contributed by atoms with Gasteiger partial charge in [0.2, 0.25) is 0 Å². The molecular formula is C45H30O. The molecule has 0 unspecified atom stereocenters. The molecule has 46 heavy (non-hydrogen) atoms. The van der Waals surface area contributed by atoms with Crippen molar-refractivity contribution in [1.29, 1.82) is 0 Å². The molecule has 1 heteroatoms. The lowest BCUT2D eigenvalue weighted by Gasteiger charge is -2.24. The van der Waals surface area contributed by atoms with Crippen LogP contribution in [0.4, 0.5) is 0 Å². The van der Waals surface area contributed by atoms with Crippen molar-refractivity contribution in [2.45, 2.75) is 19.3 Å². The van der Waals surface area contributed by atoms with E-state index in [1.54, 1.807) is 0 Å². The van der Waals surface area contributed by atoms with Crippen LogP contribution in [0.2, 0.25) is 0 Å². The van der Waals surface area contributed by atoms with E-state index in [4.69, 9.17) is 4.74 Å². The van der Waals surface area contributed by atoms with Crippen molar-refractivity contribution in [3.05, 3.63) is 157 Å². The van der Waals surface area contributed by atoms with Crippen LogP contribution in [0.3, 0.4) is 0 Å².